The van der Waals surface area contributed by atoms with Crippen molar-refractivity contribution >= 4 is 17.7 Å². The van der Waals surface area contributed by atoms with Gasteiger partial charge in [-0.3, -0.25) is 9.12 Å². The van der Waals surface area contributed by atoms with E-state index in [0.29, 0.717) is 12.2 Å². The second-order valence-electron chi connectivity index (χ2n) is 6.01. The largest absolute Gasteiger partial charge is 0.457 e. The highest BCUT2D eigenvalue weighted by Crippen LogP contribution is 2.46. The van der Waals surface area contributed by atoms with Gasteiger partial charge in [-0.05, 0) is 61.6 Å². The van der Waals surface area contributed by atoms with Gasteiger partial charge in [0, 0.05) is 0 Å². The minimum atomic E-state index is -4.93. The summed E-state index contributed by atoms with van der Waals surface area (Å²) in [6, 6.07) is 14.7. The summed E-state index contributed by atoms with van der Waals surface area (Å²) in [6.45, 7) is 1.97. The van der Waals surface area contributed by atoms with E-state index < -0.39 is 22.7 Å². The number of hydrogen-bond acceptors (Lipinski definition) is 4. The Hall–Kier alpha value is -1.70. The van der Waals surface area contributed by atoms with Gasteiger partial charge in [-0.2, -0.15) is 8.42 Å². The molecule has 2 rings (SSSR count). The Labute approximate surface area is 152 Å². The maximum atomic E-state index is 11.2. The van der Waals surface area contributed by atoms with Crippen LogP contribution in [0.1, 0.15) is 24.0 Å². The van der Waals surface area contributed by atoms with Crippen LogP contribution in [-0.2, 0) is 21.1 Å². The van der Waals surface area contributed by atoms with Gasteiger partial charge in [0.1, 0.15) is 11.5 Å². The molecule has 0 amide bonds. The predicted octanol–water partition coefficient (Wildman–Crippen LogP) is 3.50. The Morgan fingerprint density at radius 2 is 1.73 bits per heavy atom. The Bertz CT molecular complexity index is 888. The first-order chi connectivity index (χ1) is 12.1. The van der Waals surface area contributed by atoms with Gasteiger partial charge in [0.05, 0.1) is 0 Å². The molecule has 0 saturated carbocycles. The van der Waals surface area contributed by atoms with Crippen molar-refractivity contribution in [2.24, 2.45) is 0 Å². The lowest BCUT2D eigenvalue weighted by atomic mass is 10.1. The molecule has 3 N–H and O–H groups in total. The summed E-state index contributed by atoms with van der Waals surface area (Å²) in [5.41, 5.74) is 1.94. The molecule has 9 heteroatoms. The van der Waals surface area contributed by atoms with Gasteiger partial charge < -0.3 is 14.5 Å². The van der Waals surface area contributed by atoms with Crippen LogP contribution in [-0.4, -0.2) is 27.7 Å². The molecule has 0 fully saturated rings. The predicted molar refractivity (Wildman–Crippen MR) is 98.0 cm³/mol. The van der Waals surface area contributed by atoms with Crippen LogP contribution in [0.15, 0.2) is 48.5 Å². The maximum Gasteiger partial charge on any atom is 0.346 e. The van der Waals surface area contributed by atoms with Crippen molar-refractivity contribution in [3.8, 4) is 11.5 Å². The average molecular weight is 400 g/mol. The van der Waals surface area contributed by atoms with Crippen LogP contribution in [0.4, 0.5) is 0 Å². The highest BCUT2D eigenvalue weighted by molar-refractivity contribution is 7.93. The minimum Gasteiger partial charge on any atom is -0.457 e. The van der Waals surface area contributed by atoms with Crippen LogP contribution in [0.2, 0.25) is 0 Å². The molecule has 0 bridgehead atoms. The van der Waals surface area contributed by atoms with Gasteiger partial charge in [0.25, 0.3) is 10.1 Å². The third-order valence-electron chi connectivity index (χ3n) is 3.78. The molecule has 0 aliphatic carbocycles. The zero-order valence-electron chi connectivity index (χ0n) is 14.1. The lowest BCUT2D eigenvalue weighted by Gasteiger charge is -2.15. The molecule has 0 spiro atoms. The molecule has 0 saturated heterocycles. The molecular weight excluding hydrogens is 379 g/mol. The van der Waals surface area contributed by atoms with Crippen LogP contribution in [0.3, 0.4) is 0 Å². The summed E-state index contributed by atoms with van der Waals surface area (Å²) in [4.78, 5) is 16.0. The van der Waals surface area contributed by atoms with Crippen molar-refractivity contribution in [1.29, 1.82) is 0 Å². The molecule has 2 aromatic carbocycles. The number of benzene rings is 2. The normalized spacial score (nSPS) is 13.4. The first-order valence-corrected chi connectivity index (χ1v) is 11.1. The maximum absolute atomic E-state index is 11.2. The van der Waals surface area contributed by atoms with Gasteiger partial charge in [-0.25, -0.2) is 0 Å². The topological polar surface area (TPSA) is 121 Å². The quantitative estimate of drug-likeness (QED) is 0.458. The highest BCUT2D eigenvalue weighted by atomic mass is 32.2. The fraction of sp³-hybridized carbons (Fsp3) is 0.294. The fourth-order valence-corrected chi connectivity index (χ4v) is 4.88. The summed E-state index contributed by atoms with van der Waals surface area (Å²) >= 11 is 0. The van der Waals surface area contributed by atoms with E-state index in [9.17, 15) is 13.0 Å². The number of hydrogen-bond donors (Lipinski definition) is 3. The van der Waals surface area contributed by atoms with E-state index in [1.807, 2.05) is 31.2 Å². The second-order valence-corrected chi connectivity index (χ2v) is 9.76. The molecule has 142 valence electrons. The van der Waals surface area contributed by atoms with Crippen LogP contribution >= 0.6 is 7.60 Å². The first kappa shape index (κ1) is 20.6. The van der Waals surface area contributed by atoms with Crippen molar-refractivity contribution < 1.29 is 32.1 Å². The van der Waals surface area contributed by atoms with Crippen molar-refractivity contribution in [1.82, 2.24) is 0 Å². The molecule has 0 aromatic heterocycles. The summed E-state index contributed by atoms with van der Waals surface area (Å²) in [5, 5.41) is 0. The van der Waals surface area contributed by atoms with Crippen LogP contribution in [0.25, 0.3) is 0 Å². The van der Waals surface area contributed by atoms with E-state index in [2.05, 4.69) is 0 Å². The van der Waals surface area contributed by atoms with Crippen molar-refractivity contribution in [2.45, 2.75) is 31.2 Å². The monoisotopic (exact) mass is 400 g/mol. The third-order valence-corrected chi connectivity index (χ3v) is 7.34. The van der Waals surface area contributed by atoms with E-state index in [0.717, 1.165) is 16.9 Å². The third kappa shape index (κ3) is 6.23. The van der Waals surface area contributed by atoms with Crippen molar-refractivity contribution in [3.63, 3.8) is 0 Å². The van der Waals surface area contributed by atoms with Gasteiger partial charge >= 0.3 is 7.60 Å². The molecular formula is C17H21O7PS. The molecule has 26 heavy (non-hydrogen) atoms. The van der Waals surface area contributed by atoms with Gasteiger partial charge in [0.2, 0.25) is 0 Å². The molecule has 0 radical (unpaired) electrons. The Morgan fingerprint density at radius 1 is 1.08 bits per heavy atom. The van der Waals surface area contributed by atoms with E-state index in [-0.39, 0.29) is 12.8 Å². The minimum absolute atomic E-state index is 0.202. The number of rotatable bonds is 8. The summed E-state index contributed by atoms with van der Waals surface area (Å²) in [6.07, 6.45) is 0.287. The lowest BCUT2D eigenvalue weighted by Crippen LogP contribution is -2.20. The molecule has 1 unspecified atom stereocenters. The first-order valence-electron chi connectivity index (χ1n) is 7.91. The second kappa shape index (κ2) is 8.33. The molecule has 7 nitrogen and oxygen atoms in total. The van der Waals surface area contributed by atoms with E-state index in [4.69, 9.17) is 19.1 Å². The van der Waals surface area contributed by atoms with Crippen LogP contribution in [0.5, 0.6) is 11.5 Å². The number of aryl methyl sites for hydroxylation is 2. The standard InChI is InChI=1S/C17H21O7PS/c1-13-4-2-6-16(12-13)24-15-10-8-14(9-11-15)5-3-7-17(25(18,19)20)26(21,22)23/h2,4,6,8-12,17H,3,5,7H2,1H3,(H2,18,19,20)(H,21,22,23). The molecule has 0 heterocycles. The van der Waals surface area contributed by atoms with Crippen molar-refractivity contribution in [2.75, 3.05) is 0 Å². The van der Waals surface area contributed by atoms with E-state index in [1.54, 1.807) is 24.3 Å². The molecule has 0 aliphatic heterocycles. The fourth-order valence-electron chi connectivity index (χ4n) is 2.51. The van der Waals surface area contributed by atoms with Gasteiger partial charge in [-0.1, -0.05) is 24.3 Å². The Morgan fingerprint density at radius 3 is 2.27 bits per heavy atom. The van der Waals surface area contributed by atoms with Crippen LogP contribution in [0, 0.1) is 6.92 Å². The molecule has 2 aromatic rings. The SMILES string of the molecule is Cc1cccc(Oc2ccc(CCCC(P(=O)(O)O)S(=O)(=O)O)cc2)c1. The zero-order valence-corrected chi connectivity index (χ0v) is 15.9. The van der Waals surface area contributed by atoms with Gasteiger partial charge in [0.15, 0.2) is 4.99 Å². The summed E-state index contributed by atoms with van der Waals surface area (Å²) in [7, 11) is -9.73. The van der Waals surface area contributed by atoms with Gasteiger partial charge in [-0.15, -0.1) is 0 Å². The zero-order chi connectivity index (χ0) is 19.4. The lowest BCUT2D eigenvalue weighted by molar-refractivity contribution is 0.360. The number of ether oxygens (including phenoxy) is 1. The van der Waals surface area contributed by atoms with E-state index in [1.165, 1.54) is 0 Å². The molecule has 1 atom stereocenters. The average Bonchev–Trinajstić information content (AvgIpc) is 2.50. The Kier molecular flexibility index (Phi) is 6.60. The van der Waals surface area contributed by atoms with E-state index >= 15 is 0 Å². The summed E-state index contributed by atoms with van der Waals surface area (Å²) in [5.74, 6) is 1.36. The van der Waals surface area contributed by atoms with Crippen LogP contribution < -0.4 is 4.74 Å². The van der Waals surface area contributed by atoms with Crippen molar-refractivity contribution in [3.05, 3.63) is 59.7 Å². The smallest absolute Gasteiger partial charge is 0.346 e. The summed E-state index contributed by atoms with van der Waals surface area (Å²) < 4.78 is 48.1. The molecule has 0 aliphatic rings. The Balaban J connectivity index is 1.94. The highest BCUT2D eigenvalue weighted by Gasteiger charge is 2.38.